The van der Waals surface area contributed by atoms with Crippen molar-refractivity contribution < 1.29 is 14.3 Å². The van der Waals surface area contributed by atoms with Crippen LogP contribution in [0.3, 0.4) is 0 Å². The molecule has 0 bridgehead atoms. The summed E-state index contributed by atoms with van der Waals surface area (Å²) in [6.45, 7) is 7.41. The van der Waals surface area contributed by atoms with Crippen LogP contribution in [0.2, 0.25) is 0 Å². The molecule has 2 amide bonds. The van der Waals surface area contributed by atoms with E-state index in [0.29, 0.717) is 16.8 Å². The summed E-state index contributed by atoms with van der Waals surface area (Å²) in [5.41, 5.74) is 3.54. The Morgan fingerprint density at radius 2 is 1.77 bits per heavy atom. The molecular formula is C23H25N3O3S. The van der Waals surface area contributed by atoms with E-state index in [1.807, 2.05) is 53.9 Å². The number of anilines is 2. The van der Waals surface area contributed by atoms with Gasteiger partial charge >= 0.3 is 0 Å². The molecule has 0 radical (unpaired) electrons. The molecule has 2 N–H and O–H groups in total. The molecule has 6 nitrogen and oxygen atoms in total. The Morgan fingerprint density at radius 3 is 2.43 bits per heavy atom. The molecule has 0 saturated carbocycles. The largest absolute Gasteiger partial charge is 0.481 e. The highest BCUT2D eigenvalue weighted by atomic mass is 32.1. The molecule has 0 spiro atoms. The maximum Gasteiger partial charge on any atom is 0.266 e. The summed E-state index contributed by atoms with van der Waals surface area (Å²) < 4.78 is 5.81. The van der Waals surface area contributed by atoms with Gasteiger partial charge in [-0.2, -0.15) is 0 Å². The van der Waals surface area contributed by atoms with Gasteiger partial charge in [-0.25, -0.2) is 4.98 Å². The first-order valence-electron chi connectivity index (χ1n) is 9.73. The fourth-order valence-electron chi connectivity index (χ4n) is 2.80. The quantitative estimate of drug-likeness (QED) is 0.540. The lowest BCUT2D eigenvalue weighted by atomic mass is 10.0. The Bertz CT molecular complexity index is 1030. The van der Waals surface area contributed by atoms with E-state index in [9.17, 15) is 9.59 Å². The lowest BCUT2D eigenvalue weighted by Crippen LogP contribution is -2.30. The number of amides is 2. The highest BCUT2D eigenvalue weighted by Crippen LogP contribution is 2.26. The van der Waals surface area contributed by atoms with Crippen LogP contribution in [0.1, 0.15) is 39.2 Å². The number of ether oxygens (including phenoxy) is 1. The Balaban J connectivity index is 1.61. The van der Waals surface area contributed by atoms with E-state index >= 15 is 0 Å². The SMILES string of the molecule is CC(=O)Nc1ccc(-c2csc(NC(=O)C(C)Oc3cccc(C(C)C)c3)n2)cc1. The summed E-state index contributed by atoms with van der Waals surface area (Å²) in [5, 5.41) is 7.92. The molecule has 0 aliphatic rings. The highest BCUT2D eigenvalue weighted by molar-refractivity contribution is 7.14. The van der Waals surface area contributed by atoms with Crippen molar-refractivity contribution in [3.05, 3.63) is 59.5 Å². The minimum Gasteiger partial charge on any atom is -0.481 e. The van der Waals surface area contributed by atoms with Gasteiger partial charge in [-0.1, -0.05) is 38.1 Å². The van der Waals surface area contributed by atoms with E-state index in [-0.39, 0.29) is 11.8 Å². The summed E-state index contributed by atoms with van der Waals surface area (Å²) in [6, 6.07) is 15.2. The zero-order chi connectivity index (χ0) is 21.7. The third-order valence-corrected chi connectivity index (χ3v) is 5.20. The maximum atomic E-state index is 12.5. The van der Waals surface area contributed by atoms with Crippen LogP contribution >= 0.6 is 11.3 Å². The molecule has 0 aliphatic heterocycles. The molecule has 1 heterocycles. The summed E-state index contributed by atoms with van der Waals surface area (Å²) >= 11 is 1.35. The van der Waals surface area contributed by atoms with Gasteiger partial charge in [-0.05, 0) is 42.7 Å². The van der Waals surface area contributed by atoms with Gasteiger partial charge in [0, 0.05) is 23.6 Å². The Kier molecular flexibility index (Phi) is 6.84. The summed E-state index contributed by atoms with van der Waals surface area (Å²) in [5.74, 6) is 0.683. The number of benzene rings is 2. The van der Waals surface area contributed by atoms with Crippen LogP contribution in [0, 0.1) is 0 Å². The predicted octanol–water partition coefficient (Wildman–Crippen LogP) is 5.30. The van der Waals surface area contributed by atoms with Gasteiger partial charge in [0.15, 0.2) is 11.2 Å². The molecule has 2 aromatic carbocycles. The molecule has 0 saturated heterocycles. The minimum absolute atomic E-state index is 0.117. The van der Waals surface area contributed by atoms with Gasteiger partial charge in [0.25, 0.3) is 5.91 Å². The van der Waals surface area contributed by atoms with Crippen LogP contribution in [0.5, 0.6) is 5.75 Å². The summed E-state index contributed by atoms with van der Waals surface area (Å²) in [6.07, 6.45) is -0.656. The van der Waals surface area contributed by atoms with E-state index in [1.165, 1.54) is 18.3 Å². The average Bonchev–Trinajstić information content (AvgIpc) is 3.16. The first-order chi connectivity index (χ1) is 14.3. The number of hydrogen-bond acceptors (Lipinski definition) is 5. The van der Waals surface area contributed by atoms with E-state index in [2.05, 4.69) is 29.5 Å². The van der Waals surface area contributed by atoms with Crippen molar-refractivity contribution in [2.45, 2.75) is 39.7 Å². The van der Waals surface area contributed by atoms with Crippen LogP contribution in [-0.4, -0.2) is 22.9 Å². The second-order valence-electron chi connectivity index (χ2n) is 7.27. The highest BCUT2D eigenvalue weighted by Gasteiger charge is 2.17. The zero-order valence-corrected chi connectivity index (χ0v) is 18.2. The van der Waals surface area contributed by atoms with Crippen LogP contribution in [-0.2, 0) is 9.59 Å². The van der Waals surface area contributed by atoms with Gasteiger partial charge in [0.2, 0.25) is 5.91 Å². The second kappa shape index (κ2) is 9.54. The van der Waals surface area contributed by atoms with Gasteiger partial charge in [0.05, 0.1) is 5.69 Å². The van der Waals surface area contributed by atoms with Gasteiger partial charge in [-0.3, -0.25) is 14.9 Å². The minimum atomic E-state index is -0.656. The van der Waals surface area contributed by atoms with Crippen molar-refractivity contribution in [1.29, 1.82) is 0 Å². The standard InChI is InChI=1S/C23H25N3O3S/c1-14(2)18-6-5-7-20(12-18)29-15(3)22(28)26-23-25-21(13-30-23)17-8-10-19(11-9-17)24-16(4)27/h5-15H,1-4H3,(H,24,27)(H,25,26,28). The van der Waals surface area contributed by atoms with Gasteiger partial charge < -0.3 is 10.1 Å². The van der Waals surface area contributed by atoms with E-state index in [1.54, 1.807) is 6.92 Å². The Hall–Kier alpha value is -3.19. The number of carbonyl (C=O) groups is 2. The van der Waals surface area contributed by atoms with Crippen molar-refractivity contribution in [2.75, 3.05) is 10.6 Å². The third kappa shape index (κ3) is 5.67. The third-order valence-electron chi connectivity index (χ3n) is 4.44. The van der Waals surface area contributed by atoms with Gasteiger partial charge in [-0.15, -0.1) is 11.3 Å². The molecule has 0 fully saturated rings. The fourth-order valence-corrected chi connectivity index (χ4v) is 3.53. The van der Waals surface area contributed by atoms with Crippen LogP contribution < -0.4 is 15.4 Å². The fraction of sp³-hybridized carbons (Fsp3) is 0.261. The maximum absolute atomic E-state index is 12.5. The van der Waals surface area contributed by atoms with Crippen molar-refractivity contribution in [1.82, 2.24) is 4.98 Å². The molecule has 3 rings (SSSR count). The molecule has 1 unspecified atom stereocenters. The topological polar surface area (TPSA) is 80.3 Å². The Labute approximate surface area is 180 Å². The molecule has 156 valence electrons. The smallest absolute Gasteiger partial charge is 0.266 e. The zero-order valence-electron chi connectivity index (χ0n) is 17.4. The summed E-state index contributed by atoms with van der Waals surface area (Å²) in [7, 11) is 0. The van der Waals surface area contributed by atoms with Crippen LogP contribution in [0.15, 0.2) is 53.9 Å². The lowest BCUT2D eigenvalue weighted by molar-refractivity contribution is -0.122. The molecule has 7 heteroatoms. The number of aromatic nitrogens is 1. The van der Waals surface area contributed by atoms with Crippen LogP contribution in [0.4, 0.5) is 10.8 Å². The van der Waals surface area contributed by atoms with Gasteiger partial charge in [0.1, 0.15) is 5.75 Å². The first kappa shape index (κ1) is 21.5. The van der Waals surface area contributed by atoms with E-state index < -0.39 is 6.10 Å². The number of hydrogen-bond donors (Lipinski definition) is 2. The number of thiazole rings is 1. The number of carbonyl (C=O) groups excluding carboxylic acids is 2. The number of nitrogens with one attached hydrogen (secondary N) is 2. The number of nitrogens with zero attached hydrogens (tertiary/aromatic N) is 1. The molecule has 1 aromatic heterocycles. The van der Waals surface area contributed by atoms with E-state index in [4.69, 9.17) is 4.74 Å². The van der Waals surface area contributed by atoms with E-state index in [0.717, 1.165) is 22.5 Å². The molecule has 0 aliphatic carbocycles. The van der Waals surface area contributed by atoms with Crippen molar-refractivity contribution >= 4 is 34.0 Å². The first-order valence-corrected chi connectivity index (χ1v) is 10.6. The van der Waals surface area contributed by atoms with Crippen LogP contribution in [0.25, 0.3) is 11.3 Å². The molecule has 1 atom stereocenters. The normalized spacial score (nSPS) is 11.8. The van der Waals surface area contributed by atoms with Crippen molar-refractivity contribution in [2.24, 2.45) is 0 Å². The molecule has 30 heavy (non-hydrogen) atoms. The predicted molar refractivity (Wildman–Crippen MR) is 121 cm³/mol. The second-order valence-corrected chi connectivity index (χ2v) is 8.13. The van der Waals surface area contributed by atoms with Crippen molar-refractivity contribution in [3.8, 4) is 17.0 Å². The average molecular weight is 424 g/mol. The van der Waals surface area contributed by atoms with Crippen molar-refractivity contribution in [3.63, 3.8) is 0 Å². The number of rotatable bonds is 7. The lowest BCUT2D eigenvalue weighted by Gasteiger charge is -2.15. The molecule has 3 aromatic rings. The monoisotopic (exact) mass is 423 g/mol. The summed E-state index contributed by atoms with van der Waals surface area (Å²) in [4.78, 5) is 28.1. The molecular weight excluding hydrogens is 398 g/mol. The Morgan fingerprint density at radius 1 is 1.03 bits per heavy atom.